The molecular formula is C22H31N3O4S. The topological polar surface area (TPSA) is 78.0 Å². The zero-order chi connectivity index (χ0) is 21.5. The fourth-order valence-corrected chi connectivity index (χ4v) is 6.71. The lowest BCUT2D eigenvalue weighted by atomic mass is 9.97. The summed E-state index contributed by atoms with van der Waals surface area (Å²) in [6, 6.07) is 5.07. The summed E-state index contributed by atoms with van der Waals surface area (Å²) < 4.78 is 28.2. The second-order valence-corrected chi connectivity index (χ2v) is 10.8. The second-order valence-electron chi connectivity index (χ2n) is 8.82. The molecular weight excluding hydrogens is 402 g/mol. The van der Waals surface area contributed by atoms with Gasteiger partial charge in [-0.25, -0.2) is 8.42 Å². The number of carbonyl (C=O) groups excluding carboxylic acids is 2. The lowest BCUT2D eigenvalue weighted by Crippen LogP contribution is -2.47. The molecule has 3 aliphatic heterocycles. The van der Waals surface area contributed by atoms with E-state index in [-0.39, 0.29) is 35.2 Å². The Labute approximate surface area is 179 Å². The SMILES string of the molecule is CC(=O)N1c2ccc(S(=O)(=O)N3CCC[C@H](C(=O)N4CCCCC4)C3)cc2C[C@H]1C. The van der Waals surface area contributed by atoms with Crippen LogP contribution >= 0.6 is 0 Å². The van der Waals surface area contributed by atoms with Gasteiger partial charge in [0, 0.05) is 44.8 Å². The smallest absolute Gasteiger partial charge is 0.243 e. The lowest BCUT2D eigenvalue weighted by Gasteiger charge is -2.35. The van der Waals surface area contributed by atoms with Gasteiger partial charge >= 0.3 is 0 Å². The van der Waals surface area contributed by atoms with E-state index in [2.05, 4.69) is 0 Å². The van der Waals surface area contributed by atoms with Crippen LogP contribution in [0.1, 0.15) is 51.5 Å². The van der Waals surface area contributed by atoms with Gasteiger partial charge in [-0.3, -0.25) is 9.59 Å². The highest BCUT2D eigenvalue weighted by molar-refractivity contribution is 7.89. The molecule has 0 radical (unpaired) electrons. The van der Waals surface area contributed by atoms with Crippen LogP contribution in [0, 0.1) is 5.92 Å². The van der Waals surface area contributed by atoms with Crippen LogP contribution in [0.5, 0.6) is 0 Å². The Morgan fingerprint density at radius 3 is 2.47 bits per heavy atom. The number of amides is 2. The summed E-state index contributed by atoms with van der Waals surface area (Å²) in [7, 11) is -3.68. The molecule has 2 saturated heterocycles. The minimum atomic E-state index is -3.68. The second kappa shape index (κ2) is 8.30. The molecule has 2 fully saturated rings. The third-order valence-electron chi connectivity index (χ3n) is 6.64. The average molecular weight is 434 g/mol. The lowest BCUT2D eigenvalue weighted by molar-refractivity contribution is -0.137. The number of benzene rings is 1. The van der Waals surface area contributed by atoms with E-state index in [1.54, 1.807) is 23.1 Å². The summed E-state index contributed by atoms with van der Waals surface area (Å²) in [5, 5.41) is 0. The minimum Gasteiger partial charge on any atom is -0.342 e. The van der Waals surface area contributed by atoms with Crippen LogP contribution in [0.4, 0.5) is 5.69 Å². The van der Waals surface area contributed by atoms with Crippen molar-refractivity contribution in [3.05, 3.63) is 23.8 Å². The molecule has 3 aliphatic rings. The maximum absolute atomic E-state index is 13.3. The Bertz CT molecular complexity index is 940. The molecule has 0 bridgehead atoms. The van der Waals surface area contributed by atoms with Crippen molar-refractivity contribution < 1.29 is 18.0 Å². The molecule has 0 aromatic heterocycles. The van der Waals surface area contributed by atoms with Gasteiger partial charge in [0.1, 0.15) is 0 Å². The summed E-state index contributed by atoms with van der Waals surface area (Å²) in [6.45, 7) is 5.78. The zero-order valence-electron chi connectivity index (χ0n) is 17.8. The molecule has 8 heteroatoms. The summed E-state index contributed by atoms with van der Waals surface area (Å²) in [5.74, 6) is -0.185. The molecule has 1 aromatic carbocycles. The third kappa shape index (κ3) is 3.87. The molecule has 0 unspecified atom stereocenters. The highest BCUT2D eigenvalue weighted by Crippen LogP contribution is 2.35. The van der Waals surface area contributed by atoms with Crippen LogP contribution in [0.3, 0.4) is 0 Å². The number of likely N-dealkylation sites (tertiary alicyclic amines) is 1. The maximum Gasteiger partial charge on any atom is 0.243 e. The number of hydrogen-bond acceptors (Lipinski definition) is 4. The molecule has 1 aromatic rings. The van der Waals surface area contributed by atoms with Crippen molar-refractivity contribution in [3.8, 4) is 0 Å². The number of hydrogen-bond donors (Lipinski definition) is 0. The van der Waals surface area contributed by atoms with Crippen molar-refractivity contribution in [1.29, 1.82) is 0 Å². The molecule has 164 valence electrons. The van der Waals surface area contributed by atoms with Gasteiger partial charge in [-0.1, -0.05) is 0 Å². The fraction of sp³-hybridized carbons (Fsp3) is 0.636. The largest absolute Gasteiger partial charge is 0.342 e. The van der Waals surface area contributed by atoms with E-state index >= 15 is 0 Å². The van der Waals surface area contributed by atoms with Gasteiger partial charge in [-0.05, 0) is 69.2 Å². The van der Waals surface area contributed by atoms with E-state index in [0.717, 1.165) is 50.0 Å². The summed E-state index contributed by atoms with van der Waals surface area (Å²) in [5.41, 5.74) is 1.68. The van der Waals surface area contributed by atoms with Crippen molar-refractivity contribution in [3.63, 3.8) is 0 Å². The van der Waals surface area contributed by atoms with E-state index < -0.39 is 10.0 Å². The van der Waals surface area contributed by atoms with Crippen LogP contribution in [0.25, 0.3) is 0 Å². The van der Waals surface area contributed by atoms with Gasteiger partial charge in [0.05, 0.1) is 10.8 Å². The number of rotatable bonds is 3. The van der Waals surface area contributed by atoms with Gasteiger partial charge in [0.25, 0.3) is 0 Å². The number of sulfonamides is 1. The van der Waals surface area contributed by atoms with Gasteiger partial charge in [0.2, 0.25) is 21.8 Å². The van der Waals surface area contributed by atoms with Crippen molar-refractivity contribution in [2.45, 2.75) is 63.3 Å². The standard InChI is InChI=1S/C22H31N3O4S/c1-16-13-19-14-20(8-9-21(19)25(16)17(2)26)30(28,29)24-12-6-7-18(15-24)22(27)23-10-4-3-5-11-23/h8-9,14,16,18H,3-7,10-13,15H2,1-2H3/t16-,18+/m1/s1. The fourth-order valence-electron chi connectivity index (χ4n) is 5.13. The van der Waals surface area contributed by atoms with Crippen molar-refractivity contribution in [2.24, 2.45) is 5.92 Å². The highest BCUT2D eigenvalue weighted by atomic mass is 32.2. The Morgan fingerprint density at radius 1 is 1.03 bits per heavy atom. The molecule has 30 heavy (non-hydrogen) atoms. The van der Waals surface area contributed by atoms with E-state index in [9.17, 15) is 18.0 Å². The van der Waals surface area contributed by atoms with Crippen molar-refractivity contribution in [1.82, 2.24) is 9.21 Å². The van der Waals surface area contributed by atoms with Crippen molar-refractivity contribution in [2.75, 3.05) is 31.1 Å². The molecule has 0 saturated carbocycles. The van der Waals surface area contributed by atoms with Crippen molar-refractivity contribution >= 4 is 27.5 Å². The van der Waals surface area contributed by atoms with Gasteiger partial charge in [-0.2, -0.15) is 4.31 Å². The average Bonchev–Trinajstić information content (AvgIpc) is 3.09. The number of piperidine rings is 2. The van der Waals surface area contributed by atoms with E-state index in [4.69, 9.17) is 0 Å². The quantitative estimate of drug-likeness (QED) is 0.733. The predicted octanol–water partition coefficient (Wildman–Crippen LogP) is 2.40. The molecule has 7 nitrogen and oxygen atoms in total. The summed E-state index contributed by atoms with van der Waals surface area (Å²) >= 11 is 0. The summed E-state index contributed by atoms with van der Waals surface area (Å²) in [4.78, 5) is 28.8. The van der Waals surface area contributed by atoms with Gasteiger partial charge in [0.15, 0.2) is 0 Å². The Morgan fingerprint density at radius 2 is 1.77 bits per heavy atom. The van der Waals surface area contributed by atoms with E-state index in [0.29, 0.717) is 19.4 Å². The minimum absolute atomic E-state index is 0.0250. The highest BCUT2D eigenvalue weighted by Gasteiger charge is 2.36. The zero-order valence-corrected chi connectivity index (χ0v) is 18.7. The number of carbonyl (C=O) groups is 2. The summed E-state index contributed by atoms with van der Waals surface area (Å²) in [6.07, 6.45) is 5.32. The van der Waals surface area contributed by atoms with Crippen LogP contribution in [0.2, 0.25) is 0 Å². The third-order valence-corrected chi connectivity index (χ3v) is 8.51. The molecule has 0 N–H and O–H groups in total. The van der Waals surface area contributed by atoms with Crippen LogP contribution in [0.15, 0.2) is 23.1 Å². The van der Waals surface area contributed by atoms with Gasteiger partial charge < -0.3 is 9.80 Å². The first-order chi connectivity index (χ1) is 14.3. The first-order valence-corrected chi connectivity index (χ1v) is 12.4. The monoisotopic (exact) mass is 433 g/mol. The predicted molar refractivity (Wildman–Crippen MR) is 115 cm³/mol. The first-order valence-electron chi connectivity index (χ1n) is 11.0. The molecule has 2 atom stereocenters. The normalized spacial score (nSPS) is 25.3. The van der Waals surface area contributed by atoms with E-state index in [1.165, 1.54) is 11.2 Å². The van der Waals surface area contributed by atoms with Crippen LogP contribution in [-0.2, 0) is 26.0 Å². The number of anilines is 1. The maximum atomic E-state index is 13.3. The van der Waals surface area contributed by atoms with E-state index in [1.807, 2.05) is 11.8 Å². The number of fused-ring (bicyclic) bond motifs is 1. The van der Waals surface area contributed by atoms with Crippen LogP contribution in [-0.4, -0.2) is 61.7 Å². The number of nitrogens with zero attached hydrogens (tertiary/aromatic N) is 3. The molecule has 3 heterocycles. The molecule has 0 spiro atoms. The Hall–Kier alpha value is -1.93. The first kappa shape index (κ1) is 21.3. The molecule has 4 rings (SSSR count). The Balaban J connectivity index is 1.53. The molecule has 2 amide bonds. The van der Waals surface area contributed by atoms with Gasteiger partial charge in [-0.15, -0.1) is 0 Å². The van der Waals surface area contributed by atoms with Crippen LogP contribution < -0.4 is 4.90 Å². The Kier molecular flexibility index (Phi) is 5.90. The molecule has 0 aliphatic carbocycles.